The first-order valence-corrected chi connectivity index (χ1v) is 46.8. The highest BCUT2D eigenvalue weighted by molar-refractivity contribution is 7.01. The second kappa shape index (κ2) is 32.5. The summed E-state index contributed by atoms with van der Waals surface area (Å²) < 4.78 is 110. The second-order valence-electron chi connectivity index (χ2n) is 44.8. The zero-order chi connectivity index (χ0) is 103. The largest absolute Gasteiger partial charge is 0.311 e. The molecule has 0 saturated carbocycles. The van der Waals surface area contributed by atoms with E-state index in [2.05, 4.69) is 445 Å². The molecule has 4 aliphatic heterocycles. The van der Waals surface area contributed by atoms with Crippen molar-refractivity contribution in [3.05, 3.63) is 384 Å². The van der Waals surface area contributed by atoms with Crippen molar-refractivity contribution in [2.45, 2.75) is 209 Å². The molecule has 0 fully saturated rings. The van der Waals surface area contributed by atoms with Gasteiger partial charge in [-0.3, -0.25) is 0 Å². The predicted octanol–water partition coefficient (Wildman–Crippen LogP) is 31.2. The number of hydrogen-bond donors (Lipinski definition) is 0. The van der Waals surface area contributed by atoms with Crippen LogP contribution < -0.4 is 62.2 Å². The summed E-state index contributed by atoms with van der Waals surface area (Å²) in [4.78, 5) is 13.3. The van der Waals surface area contributed by atoms with Crippen molar-refractivity contribution in [2.24, 2.45) is 0 Å². The minimum atomic E-state index is -0.671. The van der Waals surface area contributed by atoms with Crippen molar-refractivity contribution in [3.8, 4) is 0 Å². The number of nitrogens with zero attached hydrogens (tertiary/aromatic N) is 6. The highest BCUT2D eigenvalue weighted by Gasteiger charge is 2.48. The summed E-state index contributed by atoms with van der Waals surface area (Å²) in [6, 6.07) is 91.1. The Hall–Kier alpha value is -13.0. The number of anilines is 18. The smallest absolute Gasteiger partial charge is 0.252 e. The maximum Gasteiger partial charge on any atom is 0.252 e. The third-order valence-corrected chi connectivity index (χ3v) is 27.2. The van der Waals surface area contributed by atoms with Crippen LogP contribution in [0.2, 0.25) is 0 Å². The fraction of sp³-hybridized carbons (Fsp3) is 0.258. The first-order valence-electron chi connectivity index (χ1n) is 52.8. The minimum Gasteiger partial charge on any atom is -0.311 e. The lowest BCUT2D eigenvalue weighted by Gasteiger charge is -2.45. The van der Waals surface area contributed by atoms with E-state index in [1.807, 2.05) is 12.1 Å². The molecular weight excluding hydrogens is 1600 g/mol. The average molecular weight is 1740 g/mol. The summed E-state index contributed by atoms with van der Waals surface area (Å²) in [5.41, 5.74) is 30.5. The molecule has 20 rings (SSSR count). The molecule has 0 spiro atoms. The van der Waals surface area contributed by atoms with Crippen LogP contribution in [0, 0.1) is 0 Å². The number of hydrogen-bond acceptors (Lipinski definition) is 6. The highest BCUT2D eigenvalue weighted by Crippen LogP contribution is 2.54. The molecule has 0 bridgehead atoms. The van der Waals surface area contributed by atoms with Gasteiger partial charge in [-0.25, -0.2) is 0 Å². The van der Waals surface area contributed by atoms with Gasteiger partial charge in [-0.05, 0) is 288 Å². The van der Waals surface area contributed by atoms with E-state index in [9.17, 15) is 6.85 Å². The third kappa shape index (κ3) is 16.3. The fourth-order valence-corrected chi connectivity index (χ4v) is 19.6. The predicted molar refractivity (Wildman–Crippen MR) is 575 cm³/mol. The Morgan fingerprint density at radius 1 is 0.205 bits per heavy atom. The molecule has 132 heavy (non-hydrogen) atoms. The van der Waals surface area contributed by atoms with E-state index in [1.165, 1.54) is 77.1 Å². The molecule has 6 nitrogen and oxygen atoms in total. The van der Waals surface area contributed by atoms with E-state index in [0.29, 0.717) is 11.4 Å². The van der Waals surface area contributed by atoms with E-state index >= 15 is 0 Å². The maximum absolute atomic E-state index is 9.99. The maximum atomic E-state index is 9.99. The molecule has 0 saturated heterocycles. The molecule has 660 valence electrons. The monoisotopic (exact) mass is 1740 g/mol. The SMILES string of the molecule is CC(C)(C)c1ccc(N2c3ccc(C(C)(C)C)cc3B3c4cc(C(C)(C)C)ccc4N(c4ccc(C(C)(C)C)cc4)c4cc(N(c5ccccc5)c5ccc6ccccc6c5)cc2c43)cc1.[2H]c1c([2H])c([2H])c(N(c2cc3c4c(c2)N(c2ccc(C(C)(C)C)cc2)c2ccc(C(C)(C)C)cc2B4c2cc(C(C)(C)C)ccc2N3c2ccc(C(C)(C)C)cc2)c2c([2H])c([2H])c3c([2H])c([2H])c([2H])c([2H])c3c2[2H])c([2H])c1[2H]. The molecule has 4 aliphatic rings. The lowest BCUT2D eigenvalue weighted by atomic mass is 9.33. The van der Waals surface area contributed by atoms with Crippen LogP contribution in [0.4, 0.5) is 102 Å². The van der Waals surface area contributed by atoms with Gasteiger partial charge >= 0.3 is 0 Å². The van der Waals surface area contributed by atoms with Gasteiger partial charge in [0.1, 0.15) is 0 Å². The zero-order valence-corrected chi connectivity index (χ0v) is 81.2. The van der Waals surface area contributed by atoms with Gasteiger partial charge in [0.2, 0.25) is 0 Å². The Kier molecular flexibility index (Phi) is 18.3. The van der Waals surface area contributed by atoms with Crippen LogP contribution in [0.1, 0.15) is 227 Å². The summed E-state index contributed by atoms with van der Waals surface area (Å²) >= 11 is 0. The summed E-state index contributed by atoms with van der Waals surface area (Å²) in [5, 5.41) is 1.76. The van der Waals surface area contributed by atoms with E-state index < -0.39 is 90.6 Å². The van der Waals surface area contributed by atoms with Gasteiger partial charge < -0.3 is 29.4 Å². The molecule has 0 atom stereocenters. The van der Waals surface area contributed by atoms with Crippen molar-refractivity contribution >= 4 is 170 Å². The lowest BCUT2D eigenvalue weighted by Crippen LogP contribution is -2.61. The van der Waals surface area contributed by atoms with Crippen molar-refractivity contribution in [1.82, 2.24) is 0 Å². The number of benzene rings is 16. The molecule has 4 heterocycles. The zero-order valence-electron chi connectivity index (χ0n) is 93.2. The molecule has 0 N–H and O–H groups in total. The Balaban J connectivity index is 0.000000185. The van der Waals surface area contributed by atoms with E-state index in [-0.39, 0.29) is 66.5 Å². The average Bonchev–Trinajstić information content (AvgIpc) is 0.694. The van der Waals surface area contributed by atoms with Crippen LogP contribution in [-0.4, -0.2) is 13.4 Å². The summed E-state index contributed by atoms with van der Waals surface area (Å²) in [6.07, 6.45) is 0. The first-order chi connectivity index (χ1) is 67.5. The Bertz CT molecular complexity index is 7560. The molecule has 8 heteroatoms. The molecule has 16 aromatic carbocycles. The van der Waals surface area contributed by atoms with Crippen LogP contribution in [-0.2, 0) is 43.3 Å². The Labute approximate surface area is 804 Å². The van der Waals surface area contributed by atoms with Crippen LogP contribution in [0.15, 0.2) is 339 Å². The fourth-order valence-electron chi connectivity index (χ4n) is 19.6. The second-order valence-corrected chi connectivity index (χ2v) is 44.8. The molecule has 0 aliphatic carbocycles. The standard InChI is InChI=1S/2C62H64BN3/c2*1-59(2,3)43-23-30-48(31-24-43)65-54-34-27-45(61(7,8)9)37-52(54)63-53-38-46(62(10,11)12)28-35-55(53)66(49-32-25-44(26-33-49)60(4,5)6)57-40-51(39-56(65)58(57)63)64(47-20-14-13-15-21-47)50-29-22-41-18-16-17-19-42(41)36-50/h2*13-40H,1-12H3/i13D,14D,15D,16D,17D,18D,19D,20D,21D,22D,29D,36D;. The van der Waals surface area contributed by atoms with Crippen molar-refractivity contribution in [3.63, 3.8) is 0 Å². The van der Waals surface area contributed by atoms with Crippen LogP contribution in [0.5, 0.6) is 0 Å². The number of rotatable bonds is 10. The molecule has 0 aromatic heterocycles. The topological polar surface area (TPSA) is 19.4 Å². The van der Waals surface area contributed by atoms with Crippen molar-refractivity contribution in [2.75, 3.05) is 29.4 Å². The van der Waals surface area contributed by atoms with Crippen molar-refractivity contribution in [1.29, 1.82) is 0 Å². The van der Waals surface area contributed by atoms with E-state index in [1.54, 1.807) is 0 Å². The van der Waals surface area contributed by atoms with Crippen LogP contribution in [0.3, 0.4) is 0 Å². The van der Waals surface area contributed by atoms with Crippen LogP contribution >= 0.6 is 0 Å². The Morgan fingerprint density at radius 2 is 0.500 bits per heavy atom. The molecular formula is C124H128B2N6. The number of para-hydroxylation sites is 2. The van der Waals surface area contributed by atoms with Crippen LogP contribution in [0.25, 0.3) is 21.5 Å². The van der Waals surface area contributed by atoms with Gasteiger partial charge in [0, 0.05) is 91.0 Å². The van der Waals surface area contributed by atoms with Crippen molar-refractivity contribution < 1.29 is 16.4 Å². The van der Waals surface area contributed by atoms with Gasteiger partial charge in [-0.15, -0.1) is 0 Å². The normalized spacial score (nSPS) is 14.9. The first kappa shape index (κ1) is 74.6. The molecule has 16 aromatic rings. The summed E-state index contributed by atoms with van der Waals surface area (Å²) in [7, 11) is 0. The Morgan fingerprint density at radius 3 is 0.833 bits per heavy atom. The number of fused-ring (bicyclic) bond motifs is 10. The molecule has 0 radical (unpaired) electrons. The van der Waals surface area contributed by atoms with E-state index in [4.69, 9.17) is 9.60 Å². The molecule has 0 unspecified atom stereocenters. The van der Waals surface area contributed by atoms with Gasteiger partial charge in [0.15, 0.2) is 0 Å². The van der Waals surface area contributed by atoms with Gasteiger partial charge in [0.25, 0.3) is 13.4 Å². The van der Waals surface area contributed by atoms with E-state index in [0.717, 1.165) is 89.8 Å². The minimum absolute atomic E-state index is 0.0142. The van der Waals surface area contributed by atoms with Gasteiger partial charge in [0.05, 0.1) is 27.8 Å². The van der Waals surface area contributed by atoms with Gasteiger partial charge in [-0.2, -0.15) is 0 Å². The quantitative estimate of drug-likeness (QED) is 0.126. The highest BCUT2D eigenvalue weighted by atomic mass is 15.2. The molecule has 0 amide bonds. The summed E-state index contributed by atoms with van der Waals surface area (Å²) in [6.45, 7) is 53.6. The lowest BCUT2D eigenvalue weighted by molar-refractivity contribution is 0.590. The van der Waals surface area contributed by atoms with Gasteiger partial charge in [-0.1, -0.05) is 360 Å². The third-order valence-electron chi connectivity index (χ3n) is 27.2. The summed E-state index contributed by atoms with van der Waals surface area (Å²) in [5.74, 6) is 0.